The number of aliphatic hydroxyl groups is 1. The Labute approximate surface area is 121 Å². The van der Waals surface area contributed by atoms with E-state index in [1.54, 1.807) is 11.3 Å². The Morgan fingerprint density at radius 1 is 1.35 bits per heavy atom. The number of nitrogens with zero attached hydrogens (tertiary/aromatic N) is 1. The van der Waals surface area contributed by atoms with Gasteiger partial charge in [0, 0.05) is 11.9 Å². The smallest absolute Gasteiger partial charge is 0.315 e. The van der Waals surface area contributed by atoms with Crippen molar-refractivity contribution in [3.05, 3.63) is 52.0 Å². The fourth-order valence-corrected chi connectivity index (χ4v) is 2.32. The van der Waals surface area contributed by atoms with E-state index < -0.39 is 6.10 Å². The maximum Gasteiger partial charge on any atom is 0.315 e. The van der Waals surface area contributed by atoms with E-state index in [-0.39, 0.29) is 12.6 Å². The number of rotatable bonds is 5. The van der Waals surface area contributed by atoms with Crippen molar-refractivity contribution in [3.8, 4) is 0 Å². The zero-order valence-electron chi connectivity index (χ0n) is 11.2. The van der Waals surface area contributed by atoms with E-state index in [9.17, 15) is 9.90 Å². The minimum absolute atomic E-state index is 0.173. The van der Waals surface area contributed by atoms with E-state index in [4.69, 9.17) is 0 Å². The van der Waals surface area contributed by atoms with Crippen LogP contribution in [0.1, 0.15) is 22.4 Å². The van der Waals surface area contributed by atoms with Crippen LogP contribution >= 0.6 is 11.3 Å². The molecule has 0 saturated heterocycles. The van der Waals surface area contributed by atoms with Crippen molar-refractivity contribution in [2.75, 3.05) is 6.54 Å². The molecular weight excluding hydrogens is 274 g/mol. The Morgan fingerprint density at radius 3 is 2.75 bits per heavy atom. The van der Waals surface area contributed by atoms with Crippen LogP contribution in [0.5, 0.6) is 0 Å². The normalized spacial score (nSPS) is 11.9. The van der Waals surface area contributed by atoms with Crippen LogP contribution < -0.4 is 10.6 Å². The lowest BCUT2D eigenvalue weighted by molar-refractivity contribution is 0.173. The highest BCUT2D eigenvalue weighted by molar-refractivity contribution is 7.09. The second-order valence-electron chi connectivity index (χ2n) is 4.35. The lowest BCUT2D eigenvalue weighted by Gasteiger charge is -2.12. The lowest BCUT2D eigenvalue weighted by Crippen LogP contribution is -2.37. The third-order valence-electron chi connectivity index (χ3n) is 2.74. The molecule has 0 bridgehead atoms. The second-order valence-corrected chi connectivity index (χ2v) is 5.41. The SMILES string of the molecule is Cc1nc(CNC(=O)NC[C@@H](O)c2ccccc2)cs1. The molecule has 0 aliphatic rings. The van der Waals surface area contributed by atoms with Crippen LogP contribution in [0.3, 0.4) is 0 Å². The van der Waals surface area contributed by atoms with E-state index in [1.807, 2.05) is 42.6 Å². The number of hydrogen-bond donors (Lipinski definition) is 3. The summed E-state index contributed by atoms with van der Waals surface area (Å²) in [5, 5.41) is 18.1. The van der Waals surface area contributed by atoms with Gasteiger partial charge in [0.05, 0.1) is 23.4 Å². The van der Waals surface area contributed by atoms with E-state index in [1.165, 1.54) is 0 Å². The van der Waals surface area contributed by atoms with Gasteiger partial charge in [0.15, 0.2) is 0 Å². The molecule has 5 nitrogen and oxygen atoms in total. The van der Waals surface area contributed by atoms with Crippen LogP contribution in [-0.2, 0) is 6.54 Å². The number of thiazole rings is 1. The predicted octanol–water partition coefficient (Wildman–Crippen LogP) is 1.98. The van der Waals surface area contributed by atoms with Crippen molar-refractivity contribution in [2.24, 2.45) is 0 Å². The molecule has 0 unspecified atom stereocenters. The van der Waals surface area contributed by atoms with Gasteiger partial charge in [-0.15, -0.1) is 11.3 Å². The number of hydrogen-bond acceptors (Lipinski definition) is 4. The summed E-state index contributed by atoms with van der Waals surface area (Å²) in [6.45, 7) is 2.48. The molecule has 1 heterocycles. The van der Waals surface area contributed by atoms with Gasteiger partial charge < -0.3 is 15.7 Å². The summed E-state index contributed by atoms with van der Waals surface area (Å²) in [5.74, 6) is 0. The largest absolute Gasteiger partial charge is 0.387 e. The van der Waals surface area contributed by atoms with Crippen molar-refractivity contribution < 1.29 is 9.90 Å². The zero-order valence-corrected chi connectivity index (χ0v) is 12.0. The van der Waals surface area contributed by atoms with Crippen LogP contribution in [0.15, 0.2) is 35.7 Å². The number of carbonyl (C=O) groups excluding carboxylic acids is 1. The standard InChI is InChI=1S/C14H17N3O2S/c1-10-17-12(9-20-10)7-15-14(19)16-8-13(18)11-5-3-2-4-6-11/h2-6,9,13,18H,7-8H2,1H3,(H2,15,16,19)/t13-/m1/s1. The van der Waals surface area contributed by atoms with Crippen molar-refractivity contribution in [1.29, 1.82) is 0 Å². The number of amides is 2. The van der Waals surface area contributed by atoms with Crippen molar-refractivity contribution in [1.82, 2.24) is 15.6 Å². The Bertz CT molecular complexity index is 557. The summed E-state index contributed by atoms with van der Waals surface area (Å²) >= 11 is 1.55. The Morgan fingerprint density at radius 2 is 2.10 bits per heavy atom. The molecule has 6 heteroatoms. The van der Waals surface area contributed by atoms with Gasteiger partial charge in [-0.1, -0.05) is 30.3 Å². The Balaban J connectivity index is 1.72. The summed E-state index contributed by atoms with van der Waals surface area (Å²) in [5.41, 5.74) is 1.62. The Kier molecular flexibility index (Phi) is 5.09. The van der Waals surface area contributed by atoms with Gasteiger partial charge in [0.1, 0.15) is 0 Å². The lowest BCUT2D eigenvalue weighted by atomic mass is 10.1. The number of nitrogens with one attached hydrogen (secondary N) is 2. The van der Waals surface area contributed by atoms with E-state index in [0.29, 0.717) is 6.54 Å². The fourth-order valence-electron chi connectivity index (χ4n) is 1.71. The highest BCUT2D eigenvalue weighted by Gasteiger charge is 2.09. The van der Waals surface area contributed by atoms with Crippen LogP contribution in [-0.4, -0.2) is 22.7 Å². The third kappa shape index (κ3) is 4.32. The quantitative estimate of drug-likeness (QED) is 0.788. The molecule has 0 aliphatic carbocycles. The van der Waals surface area contributed by atoms with Gasteiger partial charge in [0.2, 0.25) is 0 Å². The molecule has 20 heavy (non-hydrogen) atoms. The van der Waals surface area contributed by atoms with Crippen LogP contribution in [0.4, 0.5) is 4.79 Å². The number of aromatic nitrogens is 1. The summed E-state index contributed by atoms with van der Waals surface area (Å²) in [6, 6.07) is 8.91. The average molecular weight is 291 g/mol. The van der Waals surface area contributed by atoms with Crippen LogP contribution in [0.25, 0.3) is 0 Å². The maximum absolute atomic E-state index is 11.6. The Hall–Kier alpha value is -1.92. The van der Waals surface area contributed by atoms with Crippen molar-refractivity contribution in [2.45, 2.75) is 19.6 Å². The molecule has 0 aliphatic heterocycles. The number of benzene rings is 1. The minimum atomic E-state index is -0.705. The molecule has 2 rings (SSSR count). The summed E-state index contributed by atoms with van der Waals surface area (Å²) < 4.78 is 0. The summed E-state index contributed by atoms with van der Waals surface area (Å²) in [6.07, 6.45) is -0.705. The van der Waals surface area contributed by atoms with E-state index >= 15 is 0 Å². The highest BCUT2D eigenvalue weighted by atomic mass is 32.1. The molecule has 0 spiro atoms. The molecule has 0 radical (unpaired) electrons. The zero-order chi connectivity index (χ0) is 14.4. The number of aliphatic hydroxyl groups excluding tert-OH is 1. The molecule has 2 amide bonds. The number of aryl methyl sites for hydroxylation is 1. The monoisotopic (exact) mass is 291 g/mol. The van der Waals surface area contributed by atoms with Gasteiger partial charge >= 0.3 is 6.03 Å². The topological polar surface area (TPSA) is 74.2 Å². The molecule has 1 aromatic carbocycles. The number of urea groups is 1. The third-order valence-corrected chi connectivity index (χ3v) is 3.56. The number of carbonyl (C=O) groups is 1. The summed E-state index contributed by atoms with van der Waals surface area (Å²) in [7, 11) is 0. The van der Waals surface area contributed by atoms with Gasteiger partial charge in [-0.3, -0.25) is 0 Å². The maximum atomic E-state index is 11.6. The van der Waals surface area contributed by atoms with Crippen LogP contribution in [0.2, 0.25) is 0 Å². The fraction of sp³-hybridized carbons (Fsp3) is 0.286. The molecule has 0 saturated carbocycles. The first-order valence-electron chi connectivity index (χ1n) is 6.31. The van der Waals surface area contributed by atoms with Crippen molar-refractivity contribution >= 4 is 17.4 Å². The molecule has 0 fully saturated rings. The second kappa shape index (κ2) is 7.02. The molecule has 1 aromatic heterocycles. The molecule has 2 aromatic rings. The highest BCUT2D eigenvalue weighted by Crippen LogP contribution is 2.10. The first-order valence-corrected chi connectivity index (χ1v) is 7.19. The van der Waals surface area contributed by atoms with Gasteiger partial charge in [-0.25, -0.2) is 9.78 Å². The first-order chi connectivity index (χ1) is 9.65. The van der Waals surface area contributed by atoms with Gasteiger partial charge in [-0.2, -0.15) is 0 Å². The molecule has 106 valence electrons. The molecule has 1 atom stereocenters. The van der Waals surface area contributed by atoms with E-state index in [2.05, 4.69) is 15.6 Å². The first kappa shape index (κ1) is 14.5. The van der Waals surface area contributed by atoms with Gasteiger partial charge in [0.25, 0.3) is 0 Å². The molecule has 3 N–H and O–H groups in total. The van der Waals surface area contributed by atoms with E-state index in [0.717, 1.165) is 16.3 Å². The minimum Gasteiger partial charge on any atom is -0.387 e. The molecular formula is C14H17N3O2S. The summed E-state index contributed by atoms with van der Waals surface area (Å²) in [4.78, 5) is 15.9. The van der Waals surface area contributed by atoms with Crippen LogP contribution in [0, 0.1) is 6.92 Å². The predicted molar refractivity (Wildman–Crippen MR) is 78.5 cm³/mol. The average Bonchev–Trinajstić information content (AvgIpc) is 2.89. The van der Waals surface area contributed by atoms with Gasteiger partial charge in [-0.05, 0) is 12.5 Å². The van der Waals surface area contributed by atoms with Crippen molar-refractivity contribution in [3.63, 3.8) is 0 Å².